The molecule has 0 aliphatic carbocycles. The molecule has 4 aromatic carbocycles. The van der Waals surface area contributed by atoms with Crippen molar-refractivity contribution in [3.8, 4) is 39.6 Å². The number of nitrogens with zero attached hydrogens (tertiary/aromatic N) is 9. The molecule has 0 amide bonds. The lowest BCUT2D eigenvalue weighted by molar-refractivity contribution is 0.268. The largest absolute Gasteiger partial charge is 0.497 e. The van der Waals surface area contributed by atoms with Crippen LogP contribution in [0.2, 0.25) is 5.15 Å². The van der Waals surface area contributed by atoms with Gasteiger partial charge in [0.15, 0.2) is 25.0 Å². The molecule has 396 valence electrons. The molecular formula is C53H58Br2ClN9O8S2. The van der Waals surface area contributed by atoms with Crippen LogP contribution in [0.5, 0.6) is 17.4 Å². The quantitative estimate of drug-likeness (QED) is 0.0800. The first-order chi connectivity index (χ1) is 35.8. The van der Waals surface area contributed by atoms with E-state index in [1.807, 2.05) is 60.7 Å². The SMILES string of the molecule is CC(C)c1cccc(-c2cnnc(Cl)c2)c1Br.CC(C)c1cccc(-c2cnnc(OCCn3ccc(S(C)(=O)=O)n3)c2)c1Br.COc1ccc(CN(Cc2ccc(OC)cc2)S(=O)(=O)c2ccn(CCO)n2)cc1. The summed E-state index contributed by atoms with van der Waals surface area (Å²) in [4.78, 5) is 0. The van der Waals surface area contributed by atoms with Gasteiger partial charge >= 0.3 is 0 Å². The van der Waals surface area contributed by atoms with Crippen LogP contribution < -0.4 is 14.2 Å². The zero-order valence-corrected chi connectivity index (χ0v) is 47.9. The third-order valence-electron chi connectivity index (χ3n) is 11.3. The molecule has 0 unspecified atom stereocenters. The molecule has 0 spiro atoms. The molecule has 75 heavy (non-hydrogen) atoms. The van der Waals surface area contributed by atoms with E-state index in [1.54, 1.807) is 63.3 Å². The number of aromatic nitrogens is 8. The molecule has 0 saturated heterocycles. The van der Waals surface area contributed by atoms with Gasteiger partial charge in [-0.3, -0.25) is 9.36 Å². The van der Waals surface area contributed by atoms with E-state index in [0.717, 1.165) is 48.6 Å². The van der Waals surface area contributed by atoms with Gasteiger partial charge in [0.05, 0.1) is 46.3 Å². The fraction of sp³-hybridized carbons (Fsp3) is 0.283. The third-order valence-corrected chi connectivity index (χ3v) is 15.9. The van der Waals surface area contributed by atoms with Gasteiger partial charge in [0.1, 0.15) is 18.1 Å². The van der Waals surface area contributed by atoms with Gasteiger partial charge in [0, 0.05) is 57.9 Å². The first-order valence-electron chi connectivity index (χ1n) is 23.5. The Morgan fingerprint density at radius 3 is 1.60 bits per heavy atom. The first-order valence-corrected chi connectivity index (χ1v) is 28.8. The summed E-state index contributed by atoms with van der Waals surface area (Å²) in [6, 6.07) is 33.4. The van der Waals surface area contributed by atoms with Crippen LogP contribution in [0.4, 0.5) is 0 Å². The van der Waals surface area contributed by atoms with Crippen molar-refractivity contribution in [2.75, 3.05) is 33.7 Å². The maximum Gasteiger partial charge on any atom is 0.262 e. The minimum atomic E-state index is -3.87. The number of sulfone groups is 1. The normalized spacial score (nSPS) is 11.5. The molecule has 4 heterocycles. The minimum absolute atomic E-state index is 0.0455. The van der Waals surface area contributed by atoms with Gasteiger partial charge in [-0.1, -0.05) is 100.0 Å². The molecule has 17 nitrogen and oxygen atoms in total. The number of rotatable bonds is 19. The van der Waals surface area contributed by atoms with E-state index in [9.17, 15) is 16.8 Å². The van der Waals surface area contributed by atoms with Crippen molar-refractivity contribution >= 4 is 63.3 Å². The van der Waals surface area contributed by atoms with Crippen LogP contribution in [0.15, 0.2) is 153 Å². The van der Waals surface area contributed by atoms with Crippen LogP contribution in [0.25, 0.3) is 22.3 Å². The number of hydrogen-bond donors (Lipinski definition) is 1. The second kappa shape index (κ2) is 27.1. The summed E-state index contributed by atoms with van der Waals surface area (Å²) in [5, 5.41) is 33.3. The molecule has 0 bridgehead atoms. The predicted octanol–water partition coefficient (Wildman–Crippen LogP) is 10.7. The van der Waals surface area contributed by atoms with Gasteiger partial charge in [-0.05, 0) is 120 Å². The van der Waals surface area contributed by atoms with Gasteiger partial charge in [-0.2, -0.15) is 24.7 Å². The Morgan fingerprint density at radius 1 is 0.653 bits per heavy atom. The summed E-state index contributed by atoms with van der Waals surface area (Å²) in [6.07, 6.45) is 7.70. The standard InChI is InChI=1S/C21H25N3O5S.C19H21BrN4O3S.C13H12BrClN2/c1-28-19-7-3-17(4-8-19)15-24(16-18-5-9-20(29-2)10-6-18)30(26,27)21-11-12-23(22-21)13-14-25;1-13(2)15-5-4-6-16(19(15)20)14-11-17(22-21-12-14)27-10-9-24-8-7-18(23-24)28(3,25)26;1-8(2)10-4-3-5-11(13(10)14)9-6-12(15)17-16-7-9/h3-12,25H,13-16H2,1-2H3;4-8,11-13H,9-10H2,1-3H3;3-8H,1-2H3. The van der Waals surface area contributed by atoms with Crippen molar-refractivity contribution in [2.45, 2.75) is 75.8 Å². The van der Waals surface area contributed by atoms with E-state index in [-0.39, 0.29) is 42.9 Å². The van der Waals surface area contributed by atoms with Crippen LogP contribution in [0.1, 0.15) is 61.8 Å². The summed E-state index contributed by atoms with van der Waals surface area (Å²) in [6.45, 7) is 9.76. The number of methoxy groups -OCH3 is 2. The van der Waals surface area contributed by atoms with E-state index in [0.29, 0.717) is 40.9 Å². The Bertz CT molecular complexity index is 3310. The molecule has 0 saturated carbocycles. The number of aliphatic hydroxyl groups excluding tert-OH is 1. The highest BCUT2D eigenvalue weighted by atomic mass is 79.9. The Morgan fingerprint density at radius 2 is 1.13 bits per heavy atom. The van der Waals surface area contributed by atoms with E-state index in [1.165, 1.54) is 36.9 Å². The Balaban J connectivity index is 0.000000190. The molecule has 0 atom stereocenters. The maximum absolute atomic E-state index is 13.3. The number of sulfonamides is 1. The van der Waals surface area contributed by atoms with Crippen molar-refractivity contribution in [1.82, 2.24) is 44.3 Å². The molecule has 1 N–H and O–H groups in total. The first kappa shape index (κ1) is 58.2. The summed E-state index contributed by atoms with van der Waals surface area (Å²) in [5.74, 6) is 2.66. The highest BCUT2D eigenvalue weighted by Gasteiger charge is 2.28. The summed E-state index contributed by atoms with van der Waals surface area (Å²) < 4.78 is 72.1. The minimum Gasteiger partial charge on any atom is -0.497 e. The fourth-order valence-corrected chi connectivity index (χ4v) is 11.3. The van der Waals surface area contributed by atoms with E-state index >= 15 is 0 Å². The predicted molar refractivity (Wildman–Crippen MR) is 296 cm³/mol. The average Bonchev–Trinajstić information content (AvgIpc) is 4.09. The molecule has 0 radical (unpaired) electrons. The molecule has 22 heteroatoms. The highest BCUT2D eigenvalue weighted by molar-refractivity contribution is 9.11. The molecule has 8 rings (SSSR count). The second-order valence-corrected chi connectivity index (χ2v) is 23.2. The van der Waals surface area contributed by atoms with Gasteiger partial charge in [0.25, 0.3) is 10.0 Å². The molecule has 0 fully saturated rings. The van der Waals surface area contributed by atoms with Gasteiger partial charge in [0.2, 0.25) is 5.88 Å². The van der Waals surface area contributed by atoms with Crippen molar-refractivity contribution in [3.05, 3.63) is 170 Å². The molecule has 8 aromatic rings. The maximum atomic E-state index is 13.3. The van der Waals surface area contributed by atoms with Crippen molar-refractivity contribution in [2.24, 2.45) is 0 Å². The molecule has 0 aliphatic rings. The Labute approximate surface area is 460 Å². The fourth-order valence-electron chi connectivity index (χ4n) is 7.33. The zero-order chi connectivity index (χ0) is 54.3. The molecular weight excluding hydrogens is 1150 g/mol. The number of halogens is 3. The second-order valence-electron chi connectivity index (χ2n) is 17.4. The Kier molecular flexibility index (Phi) is 21.0. The zero-order valence-electron chi connectivity index (χ0n) is 42.4. The Hall–Kier alpha value is -6.07. The van der Waals surface area contributed by atoms with Crippen molar-refractivity contribution in [1.29, 1.82) is 0 Å². The van der Waals surface area contributed by atoms with Crippen LogP contribution in [-0.4, -0.2) is 99.9 Å². The number of aliphatic hydroxyl groups is 1. The van der Waals surface area contributed by atoms with Crippen LogP contribution in [-0.2, 0) is 46.0 Å². The average molecular weight is 1210 g/mol. The van der Waals surface area contributed by atoms with Crippen LogP contribution in [0, 0.1) is 0 Å². The van der Waals surface area contributed by atoms with Gasteiger partial charge < -0.3 is 19.3 Å². The number of hydrogen-bond acceptors (Lipinski definition) is 14. The summed E-state index contributed by atoms with van der Waals surface area (Å²) in [5.41, 5.74) is 8.12. The van der Waals surface area contributed by atoms with Crippen LogP contribution >= 0.6 is 43.5 Å². The summed E-state index contributed by atoms with van der Waals surface area (Å²) >= 11 is 13.2. The van der Waals surface area contributed by atoms with Crippen molar-refractivity contribution in [3.63, 3.8) is 0 Å². The highest BCUT2D eigenvalue weighted by Crippen LogP contribution is 2.36. The van der Waals surface area contributed by atoms with Gasteiger partial charge in [-0.15, -0.1) is 10.2 Å². The summed E-state index contributed by atoms with van der Waals surface area (Å²) in [7, 11) is -4.01. The van der Waals surface area contributed by atoms with E-state index < -0.39 is 19.9 Å². The van der Waals surface area contributed by atoms with Gasteiger partial charge in [-0.25, -0.2) is 16.8 Å². The lowest BCUT2D eigenvalue weighted by Gasteiger charge is -2.21. The van der Waals surface area contributed by atoms with Crippen LogP contribution in [0.3, 0.4) is 0 Å². The lowest BCUT2D eigenvalue weighted by atomic mass is 9.98. The number of benzene rings is 4. The van der Waals surface area contributed by atoms with E-state index in [4.69, 9.17) is 30.9 Å². The smallest absolute Gasteiger partial charge is 0.262 e. The molecule has 4 aromatic heterocycles. The van der Waals surface area contributed by atoms with Crippen molar-refractivity contribution < 1.29 is 36.2 Å². The topological polar surface area (TPSA) is 207 Å². The molecule has 0 aliphatic heterocycles. The monoisotopic (exact) mass is 1210 g/mol. The number of ether oxygens (including phenoxy) is 3. The third kappa shape index (κ3) is 16.2. The lowest BCUT2D eigenvalue weighted by Crippen LogP contribution is -2.30. The van der Waals surface area contributed by atoms with E-state index in [2.05, 4.69) is 102 Å².